The first-order chi connectivity index (χ1) is 9.56. The van der Waals surface area contributed by atoms with Crippen LogP contribution in [0.3, 0.4) is 0 Å². The minimum absolute atomic E-state index is 0.265. The van der Waals surface area contributed by atoms with E-state index in [0.29, 0.717) is 18.4 Å². The third-order valence-electron chi connectivity index (χ3n) is 3.65. The lowest BCUT2D eigenvalue weighted by Gasteiger charge is -2.26. The van der Waals surface area contributed by atoms with Crippen molar-refractivity contribution in [2.45, 2.75) is 32.7 Å². The number of carboxylic acids is 1. The molecular weight excluding hydrogens is 254 g/mol. The topological polar surface area (TPSA) is 49.8 Å². The number of aromatic carboxylic acids is 1. The zero-order valence-electron chi connectivity index (χ0n) is 12.2. The molecule has 1 N–H and O–H groups in total. The van der Waals surface area contributed by atoms with Crippen molar-refractivity contribution in [3.8, 4) is 5.75 Å². The standard InChI is InChI=1S/C16H23NO3/c1-12(2)17(11-13-6-7-13)8-9-20-15-5-3-4-14(10-15)16(18)19/h3-5,10,12-13H,6-9,11H2,1-2H3,(H,18,19). The molecule has 20 heavy (non-hydrogen) atoms. The predicted octanol–water partition coefficient (Wildman–Crippen LogP) is 2.88. The van der Waals surface area contributed by atoms with Crippen LogP contribution in [0.2, 0.25) is 0 Å². The van der Waals surface area contributed by atoms with Crippen LogP contribution < -0.4 is 4.74 Å². The number of nitrogens with zero attached hydrogens (tertiary/aromatic N) is 1. The van der Waals surface area contributed by atoms with E-state index in [1.165, 1.54) is 12.8 Å². The Balaban J connectivity index is 1.81. The third-order valence-corrected chi connectivity index (χ3v) is 3.65. The van der Waals surface area contributed by atoms with Gasteiger partial charge < -0.3 is 9.84 Å². The summed E-state index contributed by atoms with van der Waals surface area (Å²) in [7, 11) is 0. The van der Waals surface area contributed by atoms with Gasteiger partial charge in [-0.15, -0.1) is 0 Å². The zero-order chi connectivity index (χ0) is 14.5. The first-order valence-corrected chi connectivity index (χ1v) is 7.26. The van der Waals surface area contributed by atoms with E-state index in [1.807, 2.05) is 0 Å². The van der Waals surface area contributed by atoms with E-state index in [2.05, 4.69) is 18.7 Å². The number of ether oxygens (including phenoxy) is 1. The predicted molar refractivity (Wildman–Crippen MR) is 78.3 cm³/mol. The van der Waals surface area contributed by atoms with E-state index < -0.39 is 5.97 Å². The Bertz CT molecular complexity index is 455. The molecule has 110 valence electrons. The summed E-state index contributed by atoms with van der Waals surface area (Å²) < 4.78 is 5.67. The average Bonchev–Trinajstić information content (AvgIpc) is 3.21. The van der Waals surface area contributed by atoms with Crippen molar-refractivity contribution >= 4 is 5.97 Å². The van der Waals surface area contributed by atoms with Crippen molar-refractivity contribution in [3.05, 3.63) is 29.8 Å². The number of benzene rings is 1. The molecule has 0 amide bonds. The maximum absolute atomic E-state index is 10.9. The van der Waals surface area contributed by atoms with E-state index >= 15 is 0 Å². The van der Waals surface area contributed by atoms with Crippen LogP contribution in [0, 0.1) is 5.92 Å². The number of carboxylic acid groups (broad SMARTS) is 1. The van der Waals surface area contributed by atoms with Crippen LogP contribution in [0.15, 0.2) is 24.3 Å². The molecular formula is C16H23NO3. The molecule has 1 fully saturated rings. The fraction of sp³-hybridized carbons (Fsp3) is 0.562. The van der Waals surface area contributed by atoms with Gasteiger partial charge in [-0.2, -0.15) is 0 Å². The van der Waals surface area contributed by atoms with Crippen LogP contribution >= 0.6 is 0 Å². The molecule has 0 aromatic heterocycles. The lowest BCUT2D eigenvalue weighted by atomic mass is 10.2. The first kappa shape index (κ1) is 14.9. The van der Waals surface area contributed by atoms with Gasteiger partial charge >= 0.3 is 5.97 Å². The number of carbonyl (C=O) groups is 1. The Morgan fingerprint density at radius 2 is 2.20 bits per heavy atom. The SMILES string of the molecule is CC(C)N(CCOc1cccc(C(=O)O)c1)CC1CC1. The van der Waals surface area contributed by atoms with E-state index in [1.54, 1.807) is 24.3 Å². The van der Waals surface area contributed by atoms with E-state index in [0.717, 1.165) is 19.0 Å². The average molecular weight is 277 g/mol. The van der Waals surface area contributed by atoms with E-state index in [4.69, 9.17) is 9.84 Å². The van der Waals surface area contributed by atoms with Gasteiger partial charge in [0.1, 0.15) is 12.4 Å². The van der Waals surface area contributed by atoms with Gasteiger partial charge in [-0.3, -0.25) is 4.90 Å². The highest BCUT2D eigenvalue weighted by Crippen LogP contribution is 2.30. The summed E-state index contributed by atoms with van der Waals surface area (Å²) in [5, 5.41) is 8.94. The molecule has 4 nitrogen and oxygen atoms in total. The Morgan fingerprint density at radius 3 is 2.80 bits per heavy atom. The second kappa shape index (κ2) is 6.75. The molecule has 1 saturated carbocycles. The molecule has 0 saturated heterocycles. The zero-order valence-corrected chi connectivity index (χ0v) is 12.2. The third kappa shape index (κ3) is 4.53. The summed E-state index contributed by atoms with van der Waals surface area (Å²) in [6, 6.07) is 7.17. The maximum atomic E-state index is 10.9. The first-order valence-electron chi connectivity index (χ1n) is 7.26. The molecule has 2 rings (SSSR count). The Kier molecular flexibility index (Phi) is 5.01. The molecule has 4 heteroatoms. The van der Waals surface area contributed by atoms with E-state index in [9.17, 15) is 4.79 Å². The largest absolute Gasteiger partial charge is 0.492 e. The normalized spacial score (nSPS) is 14.8. The van der Waals surface area contributed by atoms with Gasteiger partial charge in [0.2, 0.25) is 0 Å². The molecule has 0 bridgehead atoms. The molecule has 1 aliphatic carbocycles. The Hall–Kier alpha value is -1.55. The van der Waals surface area contributed by atoms with Crippen LogP contribution in [0.4, 0.5) is 0 Å². The summed E-state index contributed by atoms with van der Waals surface area (Å²) in [5.74, 6) is 0.570. The van der Waals surface area contributed by atoms with Gasteiger partial charge in [0.05, 0.1) is 5.56 Å². The van der Waals surface area contributed by atoms with Crippen LogP contribution in [0.1, 0.15) is 37.0 Å². The van der Waals surface area contributed by atoms with Crippen LogP contribution in [-0.2, 0) is 0 Å². The summed E-state index contributed by atoms with van der Waals surface area (Å²) >= 11 is 0. The minimum atomic E-state index is -0.923. The quantitative estimate of drug-likeness (QED) is 0.794. The minimum Gasteiger partial charge on any atom is -0.492 e. The maximum Gasteiger partial charge on any atom is 0.335 e. The van der Waals surface area contributed by atoms with Gasteiger partial charge in [0, 0.05) is 19.1 Å². The lowest BCUT2D eigenvalue weighted by molar-refractivity contribution is 0.0696. The highest BCUT2D eigenvalue weighted by molar-refractivity contribution is 5.87. The van der Waals surface area contributed by atoms with Crippen molar-refractivity contribution < 1.29 is 14.6 Å². The fourth-order valence-electron chi connectivity index (χ4n) is 2.19. The second-order valence-electron chi connectivity index (χ2n) is 5.71. The Labute approximate surface area is 120 Å². The second-order valence-corrected chi connectivity index (χ2v) is 5.71. The Morgan fingerprint density at radius 1 is 1.45 bits per heavy atom. The highest BCUT2D eigenvalue weighted by Gasteiger charge is 2.25. The molecule has 0 spiro atoms. The van der Waals surface area contributed by atoms with Crippen molar-refractivity contribution in [1.82, 2.24) is 4.90 Å². The fourth-order valence-corrected chi connectivity index (χ4v) is 2.19. The van der Waals surface area contributed by atoms with Gasteiger partial charge in [-0.05, 0) is 50.8 Å². The van der Waals surface area contributed by atoms with Crippen molar-refractivity contribution in [3.63, 3.8) is 0 Å². The highest BCUT2D eigenvalue weighted by atomic mass is 16.5. The summed E-state index contributed by atoms with van der Waals surface area (Å²) in [4.78, 5) is 13.3. The van der Waals surface area contributed by atoms with Crippen LogP contribution in [0.25, 0.3) is 0 Å². The number of hydrogen-bond acceptors (Lipinski definition) is 3. The number of rotatable bonds is 8. The lowest BCUT2D eigenvalue weighted by Crippen LogP contribution is -2.36. The molecule has 0 radical (unpaired) electrons. The summed E-state index contributed by atoms with van der Waals surface area (Å²) in [6.07, 6.45) is 2.70. The number of hydrogen-bond donors (Lipinski definition) is 1. The van der Waals surface area contributed by atoms with Gasteiger partial charge in [-0.25, -0.2) is 4.79 Å². The molecule has 0 heterocycles. The smallest absolute Gasteiger partial charge is 0.335 e. The molecule has 1 aromatic rings. The van der Waals surface area contributed by atoms with Crippen LogP contribution in [-0.4, -0.2) is 41.7 Å². The molecule has 0 atom stereocenters. The van der Waals surface area contributed by atoms with Crippen molar-refractivity contribution in [2.24, 2.45) is 5.92 Å². The van der Waals surface area contributed by atoms with Crippen molar-refractivity contribution in [1.29, 1.82) is 0 Å². The van der Waals surface area contributed by atoms with Gasteiger partial charge in [-0.1, -0.05) is 6.07 Å². The van der Waals surface area contributed by atoms with E-state index in [-0.39, 0.29) is 5.56 Å². The van der Waals surface area contributed by atoms with Gasteiger partial charge in [0.15, 0.2) is 0 Å². The molecule has 0 aliphatic heterocycles. The summed E-state index contributed by atoms with van der Waals surface area (Å²) in [6.45, 7) is 7.02. The van der Waals surface area contributed by atoms with Crippen molar-refractivity contribution in [2.75, 3.05) is 19.7 Å². The summed E-state index contributed by atoms with van der Waals surface area (Å²) in [5.41, 5.74) is 0.265. The molecule has 1 aliphatic rings. The molecule has 0 unspecified atom stereocenters. The molecule has 1 aromatic carbocycles. The monoisotopic (exact) mass is 277 g/mol. The van der Waals surface area contributed by atoms with Gasteiger partial charge in [0.25, 0.3) is 0 Å². The van der Waals surface area contributed by atoms with Crippen LogP contribution in [0.5, 0.6) is 5.75 Å².